The largest absolute Gasteiger partial charge is 0.394 e. The van der Waals surface area contributed by atoms with Crippen molar-refractivity contribution in [2.45, 2.75) is 43.5 Å². The fourth-order valence-electron chi connectivity index (χ4n) is 1.90. The summed E-state index contributed by atoms with van der Waals surface area (Å²) in [7, 11) is 2.75. The smallest absolute Gasteiger partial charge is 0.194 e. The number of hydrogen-bond acceptors (Lipinski definition) is 6. The van der Waals surface area contributed by atoms with Crippen LogP contribution in [-0.4, -0.2) is 65.8 Å². The molecule has 1 rings (SSSR count). The first kappa shape index (κ1) is 13.8. The van der Waals surface area contributed by atoms with E-state index in [0.29, 0.717) is 0 Å². The third-order valence-corrected chi connectivity index (χ3v) is 3.45. The molecule has 0 aromatic heterocycles. The summed E-state index contributed by atoms with van der Waals surface area (Å²) >= 11 is 0. The van der Waals surface area contributed by atoms with Crippen LogP contribution in [0.4, 0.5) is 0 Å². The van der Waals surface area contributed by atoms with Gasteiger partial charge < -0.3 is 29.5 Å². The minimum atomic E-state index is -1.36. The van der Waals surface area contributed by atoms with Crippen LogP contribution in [-0.2, 0) is 14.2 Å². The van der Waals surface area contributed by atoms with E-state index in [9.17, 15) is 15.3 Å². The van der Waals surface area contributed by atoms with E-state index in [0.717, 1.165) is 0 Å². The average molecular weight is 236 g/mol. The van der Waals surface area contributed by atoms with Crippen LogP contribution in [0.25, 0.3) is 0 Å². The molecule has 0 spiro atoms. The third kappa shape index (κ3) is 1.85. The average Bonchev–Trinajstić information content (AvgIpc) is 2.31. The number of aliphatic hydroxyl groups excluding tert-OH is 3. The first-order chi connectivity index (χ1) is 7.35. The quantitative estimate of drug-likeness (QED) is 0.574. The van der Waals surface area contributed by atoms with Gasteiger partial charge in [-0.3, -0.25) is 0 Å². The van der Waals surface area contributed by atoms with E-state index in [2.05, 4.69) is 0 Å². The molecule has 0 saturated carbocycles. The van der Waals surface area contributed by atoms with Crippen molar-refractivity contribution in [1.82, 2.24) is 0 Å². The van der Waals surface area contributed by atoms with Gasteiger partial charge >= 0.3 is 0 Å². The molecule has 6 nitrogen and oxygen atoms in total. The maximum absolute atomic E-state index is 10.0. The Bertz CT molecular complexity index is 243. The van der Waals surface area contributed by atoms with Crippen LogP contribution in [0.3, 0.4) is 0 Å². The van der Waals surface area contributed by atoms with Gasteiger partial charge in [0.05, 0.1) is 6.61 Å². The molecule has 0 aromatic rings. The highest BCUT2D eigenvalue weighted by Crippen LogP contribution is 2.37. The lowest BCUT2D eigenvalue weighted by atomic mass is 9.82. The van der Waals surface area contributed by atoms with Gasteiger partial charge in [-0.25, -0.2) is 0 Å². The number of rotatable bonds is 3. The zero-order chi connectivity index (χ0) is 12.6. The van der Waals surface area contributed by atoms with Crippen molar-refractivity contribution in [3.05, 3.63) is 0 Å². The molecule has 1 saturated heterocycles. The van der Waals surface area contributed by atoms with Crippen LogP contribution in [0.1, 0.15) is 13.8 Å². The lowest BCUT2D eigenvalue weighted by Crippen LogP contribution is -2.70. The van der Waals surface area contributed by atoms with Crippen LogP contribution in [0.5, 0.6) is 0 Å². The van der Waals surface area contributed by atoms with Crippen molar-refractivity contribution in [1.29, 1.82) is 0 Å². The Balaban J connectivity index is 3.04. The SMILES string of the molecule is CO[C@]1(C)OC(CO)[C@@](C)(OC)C(O)C1O. The standard InChI is InChI=1S/C10H20O6/c1-9(14-3)6(5-11)16-10(2,15-4)8(13)7(9)12/h6-8,11-13H,5H2,1-4H3/t6?,7?,8?,9-,10-/m1/s1. The van der Waals surface area contributed by atoms with E-state index in [-0.39, 0.29) is 6.61 Å². The van der Waals surface area contributed by atoms with E-state index in [4.69, 9.17) is 14.2 Å². The Hall–Kier alpha value is -0.240. The molecule has 6 heteroatoms. The summed E-state index contributed by atoms with van der Waals surface area (Å²) in [6.45, 7) is 2.73. The van der Waals surface area contributed by atoms with E-state index >= 15 is 0 Å². The molecule has 1 aliphatic rings. The number of hydrogen-bond donors (Lipinski definition) is 3. The molecular formula is C10H20O6. The first-order valence-corrected chi connectivity index (χ1v) is 5.10. The summed E-state index contributed by atoms with van der Waals surface area (Å²) in [4.78, 5) is 0. The van der Waals surface area contributed by atoms with Gasteiger partial charge in [0, 0.05) is 14.2 Å². The highest BCUT2D eigenvalue weighted by molar-refractivity contribution is 5.03. The maximum atomic E-state index is 10.0. The van der Waals surface area contributed by atoms with Gasteiger partial charge in [-0.15, -0.1) is 0 Å². The molecule has 0 aromatic carbocycles. The fraction of sp³-hybridized carbons (Fsp3) is 1.00. The Kier molecular flexibility index (Phi) is 3.94. The topological polar surface area (TPSA) is 88.4 Å². The Morgan fingerprint density at radius 1 is 1.12 bits per heavy atom. The molecule has 1 heterocycles. The maximum Gasteiger partial charge on any atom is 0.194 e. The van der Waals surface area contributed by atoms with Crippen LogP contribution in [0, 0.1) is 0 Å². The summed E-state index contributed by atoms with van der Waals surface area (Å²) in [5.41, 5.74) is -1.17. The van der Waals surface area contributed by atoms with E-state index in [1.807, 2.05) is 0 Å². The van der Waals surface area contributed by atoms with Gasteiger partial charge in [0.25, 0.3) is 0 Å². The normalized spacial score (nSPS) is 49.3. The van der Waals surface area contributed by atoms with Crippen LogP contribution in [0.2, 0.25) is 0 Å². The molecule has 16 heavy (non-hydrogen) atoms. The van der Waals surface area contributed by atoms with Gasteiger partial charge in [0.2, 0.25) is 0 Å². The summed E-state index contributed by atoms with van der Waals surface area (Å²) in [6, 6.07) is 0. The van der Waals surface area contributed by atoms with Crippen molar-refractivity contribution < 1.29 is 29.5 Å². The minimum absolute atomic E-state index is 0.340. The van der Waals surface area contributed by atoms with Gasteiger partial charge in [0.1, 0.15) is 23.9 Å². The Labute approximate surface area is 94.7 Å². The van der Waals surface area contributed by atoms with Crippen LogP contribution in [0.15, 0.2) is 0 Å². The summed E-state index contributed by atoms with van der Waals surface area (Å²) in [6.07, 6.45) is -3.25. The molecule has 3 unspecified atom stereocenters. The third-order valence-electron chi connectivity index (χ3n) is 3.45. The lowest BCUT2D eigenvalue weighted by molar-refractivity contribution is -0.373. The Morgan fingerprint density at radius 2 is 1.69 bits per heavy atom. The van der Waals surface area contributed by atoms with Crippen molar-refractivity contribution in [2.75, 3.05) is 20.8 Å². The van der Waals surface area contributed by atoms with Gasteiger partial charge in [-0.1, -0.05) is 0 Å². The summed E-state index contributed by atoms with van der Waals surface area (Å²) < 4.78 is 15.6. The number of aliphatic hydroxyl groups is 3. The summed E-state index contributed by atoms with van der Waals surface area (Å²) in [5, 5.41) is 29.2. The van der Waals surface area contributed by atoms with Crippen molar-refractivity contribution >= 4 is 0 Å². The van der Waals surface area contributed by atoms with Crippen molar-refractivity contribution in [3.8, 4) is 0 Å². The zero-order valence-corrected chi connectivity index (χ0v) is 10.0. The van der Waals surface area contributed by atoms with Gasteiger partial charge in [-0.05, 0) is 13.8 Å². The molecule has 96 valence electrons. The first-order valence-electron chi connectivity index (χ1n) is 5.10. The predicted octanol–water partition coefficient (Wildman–Crippen LogP) is -1.13. The molecule has 0 radical (unpaired) electrons. The van der Waals surface area contributed by atoms with Gasteiger partial charge in [0.15, 0.2) is 5.79 Å². The highest BCUT2D eigenvalue weighted by Gasteiger charge is 2.58. The van der Waals surface area contributed by atoms with Crippen LogP contribution < -0.4 is 0 Å². The monoisotopic (exact) mass is 236 g/mol. The molecule has 5 atom stereocenters. The molecule has 0 amide bonds. The molecule has 1 fully saturated rings. The molecule has 0 bridgehead atoms. The number of methoxy groups -OCH3 is 2. The second-order valence-electron chi connectivity index (χ2n) is 4.29. The second-order valence-corrected chi connectivity index (χ2v) is 4.29. The minimum Gasteiger partial charge on any atom is -0.394 e. The molecule has 0 aliphatic carbocycles. The highest BCUT2D eigenvalue weighted by atomic mass is 16.7. The second kappa shape index (κ2) is 4.56. The van der Waals surface area contributed by atoms with E-state index in [1.54, 1.807) is 6.92 Å². The summed E-state index contributed by atoms with van der Waals surface area (Å²) in [5.74, 6) is -1.36. The number of ether oxygens (including phenoxy) is 3. The molecule has 1 aliphatic heterocycles. The Morgan fingerprint density at radius 3 is 2.06 bits per heavy atom. The molecular weight excluding hydrogens is 216 g/mol. The van der Waals surface area contributed by atoms with E-state index < -0.39 is 29.7 Å². The van der Waals surface area contributed by atoms with Crippen molar-refractivity contribution in [3.63, 3.8) is 0 Å². The fourth-order valence-corrected chi connectivity index (χ4v) is 1.90. The van der Waals surface area contributed by atoms with Crippen LogP contribution >= 0.6 is 0 Å². The zero-order valence-electron chi connectivity index (χ0n) is 10.0. The lowest BCUT2D eigenvalue weighted by Gasteiger charge is -2.52. The van der Waals surface area contributed by atoms with Crippen molar-refractivity contribution in [2.24, 2.45) is 0 Å². The molecule has 3 N–H and O–H groups in total. The van der Waals surface area contributed by atoms with E-state index in [1.165, 1.54) is 21.1 Å². The van der Waals surface area contributed by atoms with Gasteiger partial charge in [-0.2, -0.15) is 0 Å². The predicted molar refractivity (Wildman–Crippen MR) is 54.8 cm³/mol.